The topological polar surface area (TPSA) is 41.4 Å². The van der Waals surface area contributed by atoms with Crippen molar-refractivity contribution in [2.75, 3.05) is 20.1 Å². The lowest BCUT2D eigenvalue weighted by molar-refractivity contribution is 0.140. The molecular formula is C13H22N4O. The van der Waals surface area contributed by atoms with Crippen LogP contribution >= 0.6 is 0 Å². The Balaban J connectivity index is 1.91. The van der Waals surface area contributed by atoms with Gasteiger partial charge in [0, 0.05) is 39.6 Å². The van der Waals surface area contributed by atoms with Gasteiger partial charge in [0.1, 0.15) is 5.82 Å². The molecule has 2 heterocycles. The summed E-state index contributed by atoms with van der Waals surface area (Å²) in [6.07, 6.45) is 5.89. The van der Waals surface area contributed by atoms with Crippen LogP contribution < -0.4 is 0 Å². The molecule has 0 aliphatic carbocycles. The average Bonchev–Trinajstić information content (AvgIpc) is 2.75. The van der Waals surface area contributed by atoms with Gasteiger partial charge in [-0.05, 0) is 18.8 Å². The molecule has 1 aromatic rings. The largest absolute Gasteiger partial charge is 0.337 e. The molecule has 0 bridgehead atoms. The maximum Gasteiger partial charge on any atom is 0.320 e. The van der Waals surface area contributed by atoms with Gasteiger partial charge in [-0.2, -0.15) is 0 Å². The van der Waals surface area contributed by atoms with Gasteiger partial charge >= 0.3 is 6.03 Å². The monoisotopic (exact) mass is 250 g/mol. The Morgan fingerprint density at radius 2 is 2.17 bits per heavy atom. The van der Waals surface area contributed by atoms with E-state index in [0.29, 0.717) is 6.54 Å². The van der Waals surface area contributed by atoms with Gasteiger partial charge < -0.3 is 14.4 Å². The van der Waals surface area contributed by atoms with Crippen LogP contribution in [0.25, 0.3) is 0 Å². The zero-order valence-electron chi connectivity index (χ0n) is 11.5. The van der Waals surface area contributed by atoms with E-state index in [1.54, 1.807) is 11.1 Å². The fourth-order valence-corrected chi connectivity index (χ4v) is 2.27. The van der Waals surface area contributed by atoms with E-state index in [-0.39, 0.29) is 6.03 Å². The summed E-state index contributed by atoms with van der Waals surface area (Å²) in [7, 11) is 3.79. The predicted octanol–water partition coefficient (Wildman–Crippen LogP) is 1.70. The van der Waals surface area contributed by atoms with Crippen molar-refractivity contribution in [3.63, 3.8) is 0 Å². The van der Waals surface area contributed by atoms with E-state index < -0.39 is 0 Å². The first-order valence-corrected chi connectivity index (χ1v) is 6.54. The molecule has 2 amide bonds. The second kappa shape index (κ2) is 5.42. The van der Waals surface area contributed by atoms with Crippen LogP contribution in [0.2, 0.25) is 0 Å². The van der Waals surface area contributed by atoms with Crippen LogP contribution in [0.4, 0.5) is 4.79 Å². The third-order valence-corrected chi connectivity index (χ3v) is 3.68. The molecule has 1 fully saturated rings. The Hall–Kier alpha value is -1.52. The van der Waals surface area contributed by atoms with Crippen LogP contribution in [0.1, 0.15) is 25.6 Å². The van der Waals surface area contributed by atoms with Crippen molar-refractivity contribution in [2.24, 2.45) is 13.0 Å². The molecule has 0 N–H and O–H groups in total. The Kier molecular flexibility index (Phi) is 3.89. The third kappa shape index (κ3) is 2.83. The number of hydrogen-bond donors (Lipinski definition) is 0. The highest BCUT2D eigenvalue weighted by Crippen LogP contribution is 2.17. The van der Waals surface area contributed by atoms with E-state index in [1.807, 2.05) is 29.8 Å². The minimum atomic E-state index is 0.116. The van der Waals surface area contributed by atoms with Crippen LogP contribution in [0.3, 0.4) is 0 Å². The van der Waals surface area contributed by atoms with Gasteiger partial charge in [-0.25, -0.2) is 9.78 Å². The molecule has 1 saturated heterocycles. The van der Waals surface area contributed by atoms with Gasteiger partial charge in [0.25, 0.3) is 0 Å². The number of nitrogens with zero attached hydrogens (tertiary/aromatic N) is 4. The van der Waals surface area contributed by atoms with Crippen molar-refractivity contribution in [1.82, 2.24) is 19.4 Å². The van der Waals surface area contributed by atoms with Crippen LogP contribution in [-0.4, -0.2) is 45.5 Å². The van der Waals surface area contributed by atoms with Crippen LogP contribution in [0, 0.1) is 5.92 Å². The maximum absolute atomic E-state index is 12.3. The van der Waals surface area contributed by atoms with Crippen LogP contribution in [-0.2, 0) is 13.6 Å². The van der Waals surface area contributed by atoms with Gasteiger partial charge in [0.05, 0.1) is 6.54 Å². The summed E-state index contributed by atoms with van der Waals surface area (Å²) in [5.41, 5.74) is 0. The summed E-state index contributed by atoms with van der Waals surface area (Å²) < 4.78 is 1.95. The molecule has 1 aliphatic rings. The molecule has 0 aromatic carbocycles. The molecule has 100 valence electrons. The SMILES string of the molecule is CC1CCN(C(=O)N(C)Cc2nccn2C)CC1. The standard InChI is InChI=1S/C13H22N4O/c1-11-4-7-17(8-5-11)13(18)16(3)10-12-14-6-9-15(12)2/h6,9,11H,4-5,7-8,10H2,1-3H3. The Bertz CT molecular complexity index is 407. The van der Waals surface area contributed by atoms with E-state index in [1.165, 1.54) is 0 Å². The number of rotatable bonds is 2. The molecule has 5 heteroatoms. The number of urea groups is 1. The zero-order valence-corrected chi connectivity index (χ0v) is 11.5. The summed E-state index contributed by atoms with van der Waals surface area (Å²) in [5, 5.41) is 0. The Morgan fingerprint density at radius 3 is 2.72 bits per heavy atom. The average molecular weight is 250 g/mol. The minimum absolute atomic E-state index is 0.116. The normalized spacial score (nSPS) is 16.9. The maximum atomic E-state index is 12.3. The predicted molar refractivity (Wildman–Crippen MR) is 70.0 cm³/mol. The van der Waals surface area contributed by atoms with Gasteiger partial charge in [0.15, 0.2) is 0 Å². The first kappa shape index (κ1) is 12.9. The number of piperidine rings is 1. The molecule has 0 saturated carbocycles. The number of imidazole rings is 1. The molecule has 5 nitrogen and oxygen atoms in total. The number of aryl methyl sites for hydroxylation is 1. The fourth-order valence-electron chi connectivity index (χ4n) is 2.27. The number of likely N-dealkylation sites (tertiary alicyclic amines) is 1. The number of aromatic nitrogens is 2. The summed E-state index contributed by atoms with van der Waals surface area (Å²) >= 11 is 0. The smallest absolute Gasteiger partial charge is 0.320 e. The van der Waals surface area contributed by atoms with Crippen molar-refractivity contribution < 1.29 is 4.79 Å². The van der Waals surface area contributed by atoms with Gasteiger partial charge in [-0.15, -0.1) is 0 Å². The summed E-state index contributed by atoms with van der Waals surface area (Å²) in [5.74, 6) is 1.66. The molecule has 1 aromatic heterocycles. The lowest BCUT2D eigenvalue weighted by Gasteiger charge is -2.33. The van der Waals surface area contributed by atoms with E-state index in [9.17, 15) is 4.79 Å². The number of amides is 2. The molecule has 18 heavy (non-hydrogen) atoms. The first-order chi connectivity index (χ1) is 8.58. The number of carbonyl (C=O) groups excluding carboxylic acids is 1. The minimum Gasteiger partial charge on any atom is -0.337 e. The lowest BCUT2D eigenvalue weighted by atomic mass is 10.00. The second-order valence-corrected chi connectivity index (χ2v) is 5.26. The summed E-state index contributed by atoms with van der Waals surface area (Å²) in [6.45, 7) is 4.57. The van der Waals surface area contributed by atoms with E-state index in [0.717, 1.165) is 37.7 Å². The van der Waals surface area contributed by atoms with Crippen molar-refractivity contribution in [2.45, 2.75) is 26.3 Å². The van der Waals surface area contributed by atoms with Crippen LogP contribution in [0.15, 0.2) is 12.4 Å². The quantitative estimate of drug-likeness (QED) is 0.801. The highest BCUT2D eigenvalue weighted by molar-refractivity contribution is 5.74. The fraction of sp³-hybridized carbons (Fsp3) is 0.692. The molecule has 0 unspecified atom stereocenters. The molecule has 1 aliphatic heterocycles. The number of carbonyl (C=O) groups is 1. The third-order valence-electron chi connectivity index (χ3n) is 3.68. The zero-order chi connectivity index (χ0) is 13.1. The molecule has 0 radical (unpaired) electrons. The Morgan fingerprint density at radius 1 is 1.50 bits per heavy atom. The highest BCUT2D eigenvalue weighted by atomic mass is 16.2. The summed E-state index contributed by atoms with van der Waals surface area (Å²) in [6, 6.07) is 0.116. The molecular weight excluding hydrogens is 228 g/mol. The van der Waals surface area contributed by atoms with Crippen molar-refractivity contribution in [1.29, 1.82) is 0 Å². The summed E-state index contributed by atoms with van der Waals surface area (Å²) in [4.78, 5) is 20.2. The van der Waals surface area contributed by atoms with Crippen molar-refractivity contribution in [3.05, 3.63) is 18.2 Å². The van der Waals surface area contributed by atoms with Gasteiger partial charge in [-0.3, -0.25) is 0 Å². The lowest BCUT2D eigenvalue weighted by Crippen LogP contribution is -2.44. The van der Waals surface area contributed by atoms with E-state index in [2.05, 4.69) is 11.9 Å². The molecule has 2 rings (SSSR count). The van der Waals surface area contributed by atoms with Crippen LogP contribution in [0.5, 0.6) is 0 Å². The first-order valence-electron chi connectivity index (χ1n) is 6.54. The second-order valence-electron chi connectivity index (χ2n) is 5.26. The molecule has 0 atom stereocenters. The number of hydrogen-bond acceptors (Lipinski definition) is 2. The van der Waals surface area contributed by atoms with E-state index >= 15 is 0 Å². The van der Waals surface area contributed by atoms with Gasteiger partial charge in [-0.1, -0.05) is 6.92 Å². The van der Waals surface area contributed by atoms with E-state index in [4.69, 9.17) is 0 Å². The van der Waals surface area contributed by atoms with Gasteiger partial charge in [0.2, 0.25) is 0 Å². The highest BCUT2D eigenvalue weighted by Gasteiger charge is 2.23. The van der Waals surface area contributed by atoms with Crippen molar-refractivity contribution >= 4 is 6.03 Å². The Labute approximate surface area is 108 Å². The molecule has 0 spiro atoms. The van der Waals surface area contributed by atoms with Crippen molar-refractivity contribution in [3.8, 4) is 0 Å².